The quantitative estimate of drug-likeness (QED) is 0.711. The lowest BCUT2D eigenvalue weighted by molar-refractivity contribution is 0.503. The van der Waals surface area contributed by atoms with Crippen molar-refractivity contribution < 1.29 is 0 Å². The van der Waals surface area contributed by atoms with Gasteiger partial charge >= 0.3 is 0 Å². The molecule has 0 N–H and O–H groups in total. The molecular weight excluding hydrogens is 184 g/mol. The van der Waals surface area contributed by atoms with Crippen molar-refractivity contribution in [1.29, 1.82) is 0 Å². The molecule has 0 saturated carbocycles. The molecule has 0 aliphatic carbocycles. The van der Waals surface area contributed by atoms with Gasteiger partial charge in [0, 0.05) is 32.5 Å². The second-order valence-corrected chi connectivity index (χ2v) is 3.84. The van der Waals surface area contributed by atoms with Crippen molar-refractivity contribution in [2.45, 2.75) is 0 Å². The molecule has 1 aliphatic rings. The van der Waals surface area contributed by atoms with E-state index in [4.69, 9.17) is 0 Å². The maximum Gasteiger partial charge on any atom is 0.0404 e. The molecule has 1 aliphatic heterocycles. The van der Waals surface area contributed by atoms with Crippen LogP contribution in [0.1, 0.15) is 5.69 Å². The second kappa shape index (κ2) is 4.22. The number of hydrogen-bond donors (Lipinski definition) is 0. The minimum absolute atomic E-state index is 0.989. The molecule has 0 bridgehead atoms. The summed E-state index contributed by atoms with van der Waals surface area (Å²) < 4.78 is 2.11. The number of hydrogen-bond acceptors (Lipinski definition) is 1. The molecule has 0 radical (unpaired) electrons. The summed E-state index contributed by atoms with van der Waals surface area (Å²) in [6.45, 7) is 0.989. The van der Waals surface area contributed by atoms with Crippen LogP contribution < -0.4 is 0 Å². The van der Waals surface area contributed by atoms with Gasteiger partial charge in [0.1, 0.15) is 0 Å². The lowest BCUT2D eigenvalue weighted by atomic mass is 10.1. The highest BCUT2D eigenvalue weighted by atomic mass is 15.1. The molecule has 0 amide bonds. The van der Waals surface area contributed by atoms with Gasteiger partial charge in [0.05, 0.1) is 0 Å². The third kappa shape index (κ3) is 2.40. The van der Waals surface area contributed by atoms with E-state index in [9.17, 15) is 0 Å². The zero-order chi connectivity index (χ0) is 10.7. The van der Waals surface area contributed by atoms with Gasteiger partial charge in [-0.2, -0.15) is 0 Å². The van der Waals surface area contributed by atoms with Gasteiger partial charge in [-0.25, -0.2) is 0 Å². The molecule has 0 aromatic carbocycles. The fourth-order valence-corrected chi connectivity index (χ4v) is 1.54. The van der Waals surface area contributed by atoms with Crippen LogP contribution >= 0.6 is 0 Å². The van der Waals surface area contributed by atoms with Crippen molar-refractivity contribution in [1.82, 2.24) is 9.47 Å². The number of allylic oxidation sites excluding steroid dienone is 3. The first-order valence-electron chi connectivity index (χ1n) is 5.14. The van der Waals surface area contributed by atoms with E-state index in [0.29, 0.717) is 0 Å². The number of rotatable bonds is 2. The van der Waals surface area contributed by atoms with Gasteiger partial charge < -0.3 is 9.47 Å². The summed E-state index contributed by atoms with van der Waals surface area (Å²) in [5.74, 6) is 0. The van der Waals surface area contributed by atoms with Gasteiger partial charge in [-0.15, -0.1) is 0 Å². The molecule has 0 spiro atoms. The Morgan fingerprint density at radius 3 is 2.73 bits per heavy atom. The molecule has 78 valence electrons. The molecule has 2 rings (SSSR count). The minimum atomic E-state index is 0.989. The standard InChI is InChI=1S/C13H16N2/c1-14-10-7-12(8-11-14)5-6-13-4-3-9-15(13)2/h3-10H,11H2,1-2H3. The second-order valence-electron chi connectivity index (χ2n) is 3.84. The van der Waals surface area contributed by atoms with Crippen LogP contribution in [0.2, 0.25) is 0 Å². The number of aromatic nitrogens is 1. The van der Waals surface area contributed by atoms with Crippen molar-refractivity contribution in [2.75, 3.05) is 13.6 Å². The molecule has 1 aromatic rings. The Labute approximate surface area is 90.8 Å². The minimum Gasteiger partial charge on any atom is -0.377 e. The Morgan fingerprint density at radius 1 is 1.27 bits per heavy atom. The van der Waals surface area contributed by atoms with Crippen LogP contribution in [0.4, 0.5) is 0 Å². The Hall–Kier alpha value is -1.70. The van der Waals surface area contributed by atoms with Crippen LogP contribution in [0.15, 0.2) is 48.3 Å². The van der Waals surface area contributed by atoms with Gasteiger partial charge in [-0.05, 0) is 36.1 Å². The molecule has 15 heavy (non-hydrogen) atoms. The zero-order valence-electron chi connectivity index (χ0n) is 9.22. The Morgan fingerprint density at radius 2 is 2.13 bits per heavy atom. The predicted molar refractivity (Wildman–Crippen MR) is 64.3 cm³/mol. The first-order chi connectivity index (χ1) is 7.25. The largest absolute Gasteiger partial charge is 0.377 e. The van der Waals surface area contributed by atoms with Crippen LogP contribution in [0.3, 0.4) is 0 Å². The summed E-state index contributed by atoms with van der Waals surface area (Å²) in [5.41, 5.74) is 2.50. The van der Waals surface area contributed by atoms with Crippen LogP contribution in [-0.4, -0.2) is 23.1 Å². The lowest BCUT2D eigenvalue weighted by Gasteiger charge is -2.15. The van der Waals surface area contributed by atoms with E-state index in [2.05, 4.69) is 72.4 Å². The van der Waals surface area contributed by atoms with Gasteiger partial charge in [-0.3, -0.25) is 0 Å². The van der Waals surface area contributed by atoms with Crippen molar-refractivity contribution in [3.63, 3.8) is 0 Å². The molecule has 0 fully saturated rings. The highest BCUT2D eigenvalue weighted by Crippen LogP contribution is 2.10. The molecule has 2 heterocycles. The molecule has 0 saturated heterocycles. The van der Waals surface area contributed by atoms with Gasteiger partial charge in [0.2, 0.25) is 0 Å². The first kappa shape index (κ1) is 9.84. The topological polar surface area (TPSA) is 8.17 Å². The summed E-state index contributed by atoms with van der Waals surface area (Å²) in [7, 11) is 4.13. The maximum absolute atomic E-state index is 2.22. The SMILES string of the molecule is CN1C=CC(C=Cc2cccn2C)=CC1. The summed E-state index contributed by atoms with van der Waals surface area (Å²) in [6, 6.07) is 4.16. The fourth-order valence-electron chi connectivity index (χ4n) is 1.54. The van der Waals surface area contributed by atoms with Gasteiger partial charge in [-0.1, -0.05) is 12.2 Å². The number of nitrogens with zero attached hydrogens (tertiary/aromatic N) is 2. The highest BCUT2D eigenvalue weighted by Gasteiger charge is 1.97. The molecule has 0 unspecified atom stereocenters. The normalized spacial score (nSPS) is 16.1. The Bertz CT molecular complexity index is 421. The van der Waals surface area contributed by atoms with Gasteiger partial charge in [0.15, 0.2) is 0 Å². The fraction of sp³-hybridized carbons (Fsp3) is 0.231. The summed E-state index contributed by atoms with van der Waals surface area (Å²) >= 11 is 0. The summed E-state index contributed by atoms with van der Waals surface area (Å²) in [4.78, 5) is 2.15. The molecular formula is C13H16N2. The molecule has 2 nitrogen and oxygen atoms in total. The third-order valence-corrected chi connectivity index (χ3v) is 2.57. The van der Waals surface area contributed by atoms with E-state index in [1.54, 1.807) is 0 Å². The molecule has 0 atom stereocenters. The third-order valence-electron chi connectivity index (χ3n) is 2.57. The van der Waals surface area contributed by atoms with E-state index in [-0.39, 0.29) is 0 Å². The Kier molecular flexibility index (Phi) is 2.77. The van der Waals surface area contributed by atoms with Crippen LogP contribution in [-0.2, 0) is 7.05 Å². The predicted octanol–water partition coefficient (Wildman–Crippen LogP) is 2.42. The summed E-state index contributed by atoms with van der Waals surface area (Å²) in [6.07, 6.45) is 12.8. The zero-order valence-corrected chi connectivity index (χ0v) is 9.22. The van der Waals surface area contributed by atoms with E-state index in [1.165, 1.54) is 11.3 Å². The maximum atomic E-state index is 2.22. The van der Waals surface area contributed by atoms with Crippen molar-refractivity contribution >= 4 is 6.08 Å². The Balaban J connectivity index is 2.07. The first-order valence-corrected chi connectivity index (χ1v) is 5.14. The van der Waals surface area contributed by atoms with Crippen molar-refractivity contribution in [3.8, 4) is 0 Å². The van der Waals surface area contributed by atoms with E-state index < -0.39 is 0 Å². The van der Waals surface area contributed by atoms with Crippen LogP contribution in [0.25, 0.3) is 6.08 Å². The van der Waals surface area contributed by atoms with Crippen LogP contribution in [0.5, 0.6) is 0 Å². The molecule has 1 aromatic heterocycles. The van der Waals surface area contributed by atoms with Crippen molar-refractivity contribution in [3.05, 3.63) is 54.0 Å². The van der Waals surface area contributed by atoms with Crippen LogP contribution in [0, 0.1) is 0 Å². The van der Waals surface area contributed by atoms with Gasteiger partial charge in [0.25, 0.3) is 0 Å². The highest BCUT2D eigenvalue weighted by molar-refractivity contribution is 5.52. The average Bonchev–Trinajstić information content (AvgIpc) is 2.63. The van der Waals surface area contributed by atoms with E-state index in [1.807, 2.05) is 0 Å². The monoisotopic (exact) mass is 200 g/mol. The average molecular weight is 200 g/mol. The van der Waals surface area contributed by atoms with Crippen molar-refractivity contribution in [2.24, 2.45) is 7.05 Å². The summed E-state index contributed by atoms with van der Waals surface area (Å²) in [5, 5.41) is 0. The lowest BCUT2D eigenvalue weighted by Crippen LogP contribution is -2.12. The smallest absolute Gasteiger partial charge is 0.0404 e. The number of likely N-dealkylation sites (N-methyl/N-ethyl adjacent to an activating group) is 1. The van der Waals surface area contributed by atoms with E-state index >= 15 is 0 Å². The number of aryl methyl sites for hydroxylation is 1. The molecule has 2 heteroatoms. The van der Waals surface area contributed by atoms with E-state index in [0.717, 1.165) is 6.54 Å².